The van der Waals surface area contributed by atoms with Crippen molar-refractivity contribution in [1.82, 2.24) is 19.3 Å². The van der Waals surface area contributed by atoms with Gasteiger partial charge in [-0.3, -0.25) is 9.59 Å². The molecule has 39 heavy (non-hydrogen) atoms. The van der Waals surface area contributed by atoms with E-state index in [4.69, 9.17) is 9.47 Å². The fraction of sp³-hybridized carbons (Fsp3) is 0.571. The van der Waals surface area contributed by atoms with Crippen molar-refractivity contribution < 1.29 is 19.1 Å². The molecule has 0 aliphatic carbocycles. The zero-order chi connectivity index (χ0) is 27.5. The average molecular weight is 589 g/mol. The Morgan fingerprint density at radius 1 is 0.821 bits per heavy atom. The molecule has 0 bridgehead atoms. The van der Waals surface area contributed by atoms with E-state index in [0.717, 1.165) is 94.6 Å². The molecule has 0 aromatic carbocycles. The molecule has 0 spiro atoms. The van der Waals surface area contributed by atoms with Crippen LogP contribution in [0, 0.1) is 27.7 Å². The highest BCUT2D eigenvalue weighted by Gasteiger charge is 2.23. The number of hydrogen-bond donors (Lipinski definition) is 0. The van der Waals surface area contributed by atoms with Gasteiger partial charge >= 0.3 is 0 Å². The molecular weight excluding hydrogens is 553 g/mol. The summed E-state index contributed by atoms with van der Waals surface area (Å²) in [5.74, 6) is 0.785. The van der Waals surface area contributed by atoms with Gasteiger partial charge in [-0.25, -0.2) is 0 Å². The minimum absolute atomic E-state index is 0.0876. The normalized spacial score (nSPS) is 19.3. The molecule has 5 rings (SSSR count). The van der Waals surface area contributed by atoms with Crippen LogP contribution in [0.3, 0.4) is 0 Å². The number of Topliss-reactive ketones (excluding diaryl/α,β-unsaturated/α-hetero) is 2. The second-order valence-electron chi connectivity index (χ2n) is 10.3. The van der Waals surface area contributed by atoms with Gasteiger partial charge in [-0.1, -0.05) is 34.9 Å². The Kier molecular flexibility index (Phi) is 9.33. The molecule has 3 aromatic rings. The van der Waals surface area contributed by atoms with Gasteiger partial charge in [-0.15, -0.1) is 10.2 Å². The molecule has 0 unspecified atom stereocenters. The first kappa shape index (κ1) is 28.6. The number of ketones is 2. The zero-order valence-electron chi connectivity index (χ0n) is 23.0. The summed E-state index contributed by atoms with van der Waals surface area (Å²) in [6, 6.07) is 3.97. The molecule has 210 valence electrons. The summed E-state index contributed by atoms with van der Waals surface area (Å²) in [6.45, 7) is 11.4. The second-order valence-corrected chi connectivity index (χ2v) is 13.7. The SMILES string of the molecule is Cc1cc(C(=O)CSc2nnc(SCC(=O)c3cc(C)n(C[C@H]4CCCO4)c3C)s2)c(C)n1C[C@H]1CCCO1. The van der Waals surface area contributed by atoms with Crippen LogP contribution in [-0.2, 0) is 22.6 Å². The molecule has 0 N–H and O–H groups in total. The molecule has 2 fully saturated rings. The maximum absolute atomic E-state index is 13.0. The molecule has 0 radical (unpaired) electrons. The molecule has 0 amide bonds. The van der Waals surface area contributed by atoms with Crippen LogP contribution < -0.4 is 0 Å². The maximum Gasteiger partial charge on any atom is 0.175 e. The number of aryl methyl sites for hydroxylation is 2. The number of aromatic nitrogens is 4. The lowest BCUT2D eigenvalue weighted by Gasteiger charge is -2.14. The van der Waals surface area contributed by atoms with Crippen molar-refractivity contribution in [2.24, 2.45) is 0 Å². The third-order valence-electron chi connectivity index (χ3n) is 7.61. The number of hydrogen-bond acceptors (Lipinski definition) is 9. The van der Waals surface area contributed by atoms with Gasteiger partial charge in [-0.2, -0.15) is 0 Å². The lowest BCUT2D eigenvalue weighted by Crippen LogP contribution is -2.17. The lowest BCUT2D eigenvalue weighted by atomic mass is 10.2. The third kappa shape index (κ3) is 6.70. The fourth-order valence-electron chi connectivity index (χ4n) is 5.44. The van der Waals surface area contributed by atoms with Gasteiger partial charge in [0.15, 0.2) is 20.2 Å². The predicted molar refractivity (Wildman–Crippen MR) is 156 cm³/mol. The van der Waals surface area contributed by atoms with E-state index in [0.29, 0.717) is 11.5 Å². The molecule has 2 aliphatic heterocycles. The van der Waals surface area contributed by atoms with Crippen LogP contribution in [0.5, 0.6) is 0 Å². The largest absolute Gasteiger partial charge is 0.376 e. The van der Waals surface area contributed by atoms with Crippen molar-refractivity contribution in [3.8, 4) is 0 Å². The number of rotatable bonds is 12. The van der Waals surface area contributed by atoms with Crippen LogP contribution in [0.15, 0.2) is 20.8 Å². The van der Waals surface area contributed by atoms with E-state index in [9.17, 15) is 9.59 Å². The topological polar surface area (TPSA) is 88.2 Å². The molecular formula is C28H36N4O4S3. The van der Waals surface area contributed by atoms with Crippen LogP contribution in [0.25, 0.3) is 0 Å². The predicted octanol–water partition coefficient (Wildman–Crippen LogP) is 5.68. The molecule has 0 saturated carbocycles. The van der Waals surface area contributed by atoms with Crippen LogP contribution in [-0.4, -0.2) is 67.8 Å². The van der Waals surface area contributed by atoms with Gasteiger partial charge in [0.25, 0.3) is 0 Å². The third-order valence-corrected chi connectivity index (χ3v) is 10.8. The van der Waals surface area contributed by atoms with Gasteiger partial charge in [0.1, 0.15) is 0 Å². The Labute approximate surface area is 242 Å². The summed E-state index contributed by atoms with van der Waals surface area (Å²) in [6.07, 6.45) is 4.81. The van der Waals surface area contributed by atoms with E-state index >= 15 is 0 Å². The highest BCUT2D eigenvalue weighted by molar-refractivity contribution is 8.03. The number of ether oxygens (including phenoxy) is 2. The first-order chi connectivity index (χ1) is 18.8. The molecule has 2 aliphatic rings. The number of thioether (sulfide) groups is 2. The minimum atomic E-state index is 0.0876. The Morgan fingerprint density at radius 2 is 1.26 bits per heavy atom. The van der Waals surface area contributed by atoms with Gasteiger partial charge in [0.2, 0.25) is 0 Å². The minimum Gasteiger partial charge on any atom is -0.376 e. The van der Waals surface area contributed by atoms with Crippen molar-refractivity contribution in [2.45, 2.75) is 87.4 Å². The van der Waals surface area contributed by atoms with E-state index < -0.39 is 0 Å². The highest BCUT2D eigenvalue weighted by Crippen LogP contribution is 2.31. The molecule has 8 nitrogen and oxygen atoms in total. The summed E-state index contributed by atoms with van der Waals surface area (Å²) in [4.78, 5) is 26.0. The number of nitrogens with zero attached hydrogens (tertiary/aromatic N) is 4. The first-order valence-electron chi connectivity index (χ1n) is 13.5. The van der Waals surface area contributed by atoms with E-state index in [1.54, 1.807) is 0 Å². The molecule has 5 heterocycles. The van der Waals surface area contributed by atoms with E-state index in [-0.39, 0.29) is 23.8 Å². The van der Waals surface area contributed by atoms with E-state index in [1.165, 1.54) is 34.9 Å². The average Bonchev–Trinajstić information content (AvgIpc) is 3.75. The first-order valence-corrected chi connectivity index (χ1v) is 16.3. The maximum atomic E-state index is 13.0. The Balaban J connectivity index is 1.13. The van der Waals surface area contributed by atoms with Gasteiger partial charge in [0, 0.05) is 60.2 Å². The Bertz CT molecular complexity index is 1230. The monoisotopic (exact) mass is 588 g/mol. The quantitative estimate of drug-likeness (QED) is 0.197. The summed E-state index contributed by atoms with van der Waals surface area (Å²) < 4.78 is 17.4. The summed E-state index contributed by atoms with van der Waals surface area (Å²) in [7, 11) is 0. The van der Waals surface area contributed by atoms with Crippen LogP contribution in [0.4, 0.5) is 0 Å². The van der Waals surface area contributed by atoms with Gasteiger partial charge in [0.05, 0.1) is 23.7 Å². The van der Waals surface area contributed by atoms with Crippen molar-refractivity contribution in [3.63, 3.8) is 0 Å². The number of carbonyl (C=O) groups excluding carboxylic acids is 2. The Hall–Kier alpha value is -1.92. The van der Waals surface area contributed by atoms with Gasteiger partial charge < -0.3 is 18.6 Å². The smallest absolute Gasteiger partial charge is 0.175 e. The molecule has 2 atom stereocenters. The fourth-order valence-corrected chi connectivity index (χ4v) is 8.22. The standard InChI is InChI=1S/C28H36N4O4S3/c1-17-11-23(19(3)31(17)13-21-7-5-9-35-21)25(33)15-37-27-29-30-28(39-27)38-16-26(34)24-12-18(2)32(20(24)4)14-22-8-6-10-36-22/h11-12,21-22H,5-10,13-16H2,1-4H3/t21-,22-/m1/s1. The lowest BCUT2D eigenvalue weighted by molar-refractivity contribution is 0.0957. The van der Waals surface area contributed by atoms with Crippen LogP contribution >= 0.6 is 34.9 Å². The van der Waals surface area contributed by atoms with E-state index in [2.05, 4.69) is 19.3 Å². The molecule has 11 heteroatoms. The van der Waals surface area contributed by atoms with Crippen molar-refractivity contribution in [1.29, 1.82) is 0 Å². The molecule has 3 aromatic heterocycles. The zero-order valence-corrected chi connectivity index (χ0v) is 25.5. The second kappa shape index (κ2) is 12.7. The van der Waals surface area contributed by atoms with E-state index in [1.807, 2.05) is 39.8 Å². The van der Waals surface area contributed by atoms with Crippen LogP contribution in [0.1, 0.15) is 69.2 Å². The number of carbonyl (C=O) groups is 2. The van der Waals surface area contributed by atoms with Crippen molar-refractivity contribution in [2.75, 3.05) is 24.7 Å². The van der Waals surface area contributed by atoms with Gasteiger partial charge in [-0.05, 0) is 65.5 Å². The van der Waals surface area contributed by atoms with Crippen LogP contribution in [0.2, 0.25) is 0 Å². The Morgan fingerprint density at radius 3 is 1.64 bits per heavy atom. The summed E-state index contributed by atoms with van der Waals surface area (Å²) >= 11 is 4.24. The highest BCUT2D eigenvalue weighted by atomic mass is 32.2. The summed E-state index contributed by atoms with van der Waals surface area (Å²) in [5.41, 5.74) is 5.69. The van der Waals surface area contributed by atoms with Crippen molar-refractivity contribution in [3.05, 3.63) is 46.0 Å². The molecule has 2 saturated heterocycles. The van der Waals surface area contributed by atoms with Crippen molar-refractivity contribution >= 4 is 46.4 Å². The summed E-state index contributed by atoms with van der Waals surface area (Å²) in [5, 5.41) is 8.49.